The molecule has 32 heavy (non-hydrogen) atoms. The first-order valence-corrected chi connectivity index (χ1v) is 11.8. The fourth-order valence-corrected chi connectivity index (χ4v) is 6.23. The number of halogens is 4. The van der Waals surface area contributed by atoms with E-state index in [-0.39, 0.29) is 46.8 Å². The van der Waals surface area contributed by atoms with Crippen LogP contribution in [0.25, 0.3) is 10.6 Å². The summed E-state index contributed by atoms with van der Waals surface area (Å²) in [4.78, 5) is 16.9. The highest BCUT2D eigenvalue weighted by molar-refractivity contribution is 7.91. The summed E-state index contributed by atoms with van der Waals surface area (Å²) >= 11 is 7.05. The van der Waals surface area contributed by atoms with Gasteiger partial charge in [-0.05, 0) is 30.3 Å². The first-order chi connectivity index (χ1) is 15.1. The monoisotopic (exact) mass is 505 g/mol. The molecule has 1 fully saturated rings. The first-order valence-electron chi connectivity index (χ1n) is 9.20. The lowest BCUT2D eigenvalue weighted by atomic mass is 10.3. The van der Waals surface area contributed by atoms with Gasteiger partial charge in [-0.2, -0.15) is 22.6 Å². The van der Waals surface area contributed by atoms with Gasteiger partial charge < -0.3 is 4.90 Å². The van der Waals surface area contributed by atoms with Crippen LogP contribution in [0.15, 0.2) is 45.4 Å². The predicted octanol–water partition coefficient (Wildman–Crippen LogP) is 3.08. The van der Waals surface area contributed by atoms with E-state index in [0.717, 1.165) is 23.5 Å². The number of anilines is 1. The SMILES string of the molecule is O=c1ccc(-c2ccc(S(=O)(=O)N3CCN(c4nc(C(F)(F)F)ccc4Cl)CC3)s2)n[nH]1. The number of nitrogens with one attached hydrogen (secondary N) is 1. The quantitative estimate of drug-likeness (QED) is 0.585. The van der Waals surface area contributed by atoms with Gasteiger partial charge in [-0.25, -0.2) is 18.5 Å². The topological polar surface area (TPSA) is 99.3 Å². The summed E-state index contributed by atoms with van der Waals surface area (Å²) in [6.07, 6.45) is -4.61. The Hall–Kier alpha value is -2.48. The number of sulfonamides is 1. The molecule has 3 aromatic heterocycles. The van der Waals surface area contributed by atoms with Gasteiger partial charge in [0.25, 0.3) is 15.6 Å². The standard InChI is InChI=1S/C18H15ClF3N5O3S2/c19-11-1-4-14(18(20,21)22)23-17(11)26-7-9-27(10-8-26)32(29,30)16-6-3-13(31-16)12-2-5-15(28)25-24-12/h1-6H,7-10H2,(H,25,28). The largest absolute Gasteiger partial charge is 0.433 e. The number of hydrogen-bond donors (Lipinski definition) is 1. The number of alkyl halides is 3. The molecule has 8 nitrogen and oxygen atoms in total. The molecule has 0 bridgehead atoms. The van der Waals surface area contributed by atoms with Gasteiger partial charge in [-0.3, -0.25) is 4.79 Å². The van der Waals surface area contributed by atoms with Crippen LogP contribution in [0.1, 0.15) is 5.69 Å². The number of aromatic nitrogens is 3. The third kappa shape index (κ3) is 4.51. The van der Waals surface area contributed by atoms with Crippen molar-refractivity contribution in [1.29, 1.82) is 0 Å². The number of rotatable bonds is 4. The van der Waals surface area contributed by atoms with Crippen molar-refractivity contribution < 1.29 is 21.6 Å². The molecule has 1 saturated heterocycles. The molecule has 0 unspecified atom stereocenters. The Morgan fingerprint density at radius 1 is 1.03 bits per heavy atom. The minimum absolute atomic E-state index is 0.0268. The first kappa shape index (κ1) is 22.7. The maximum Gasteiger partial charge on any atom is 0.433 e. The van der Waals surface area contributed by atoms with Crippen molar-refractivity contribution in [1.82, 2.24) is 19.5 Å². The number of thiophene rings is 1. The molecule has 0 aliphatic carbocycles. The van der Waals surface area contributed by atoms with Crippen LogP contribution in [0.5, 0.6) is 0 Å². The van der Waals surface area contributed by atoms with Gasteiger partial charge in [0.1, 0.15) is 21.4 Å². The van der Waals surface area contributed by atoms with Gasteiger partial charge in [-0.1, -0.05) is 11.6 Å². The van der Waals surface area contributed by atoms with Crippen molar-refractivity contribution in [3.63, 3.8) is 0 Å². The Labute approximate surface area is 189 Å². The molecule has 0 aromatic carbocycles. The van der Waals surface area contributed by atoms with E-state index in [4.69, 9.17) is 11.6 Å². The lowest BCUT2D eigenvalue weighted by Gasteiger charge is -2.35. The van der Waals surface area contributed by atoms with Crippen LogP contribution in [-0.2, 0) is 16.2 Å². The van der Waals surface area contributed by atoms with Gasteiger partial charge in [-0.15, -0.1) is 11.3 Å². The lowest BCUT2D eigenvalue weighted by Crippen LogP contribution is -2.49. The highest BCUT2D eigenvalue weighted by atomic mass is 35.5. The van der Waals surface area contributed by atoms with Crippen LogP contribution in [0, 0.1) is 0 Å². The van der Waals surface area contributed by atoms with E-state index in [0.29, 0.717) is 10.6 Å². The molecule has 1 aliphatic heterocycles. The van der Waals surface area contributed by atoms with E-state index in [1.807, 2.05) is 0 Å². The molecule has 0 amide bonds. The summed E-state index contributed by atoms with van der Waals surface area (Å²) in [5.41, 5.74) is -0.994. The van der Waals surface area contributed by atoms with Crippen molar-refractivity contribution in [2.75, 3.05) is 31.1 Å². The maximum absolute atomic E-state index is 13.0. The number of H-pyrrole nitrogens is 1. The Bertz CT molecular complexity index is 1280. The normalized spacial score (nSPS) is 15.8. The molecule has 4 rings (SSSR count). The van der Waals surface area contributed by atoms with Gasteiger partial charge in [0.05, 0.1) is 9.90 Å². The average Bonchev–Trinajstić information content (AvgIpc) is 3.25. The average molecular weight is 506 g/mol. The lowest BCUT2D eigenvalue weighted by molar-refractivity contribution is -0.141. The molecule has 170 valence electrons. The van der Waals surface area contributed by atoms with Gasteiger partial charge in [0.15, 0.2) is 0 Å². The number of nitrogens with zero attached hydrogens (tertiary/aromatic N) is 4. The predicted molar refractivity (Wildman–Crippen MR) is 113 cm³/mol. The fourth-order valence-electron chi connectivity index (χ4n) is 3.16. The molecule has 1 aliphatic rings. The van der Waals surface area contributed by atoms with E-state index in [1.54, 1.807) is 6.07 Å². The Kier molecular flexibility index (Phi) is 6.00. The van der Waals surface area contributed by atoms with E-state index >= 15 is 0 Å². The second-order valence-electron chi connectivity index (χ2n) is 6.82. The van der Waals surface area contributed by atoms with Gasteiger partial charge in [0.2, 0.25) is 0 Å². The number of pyridine rings is 1. The minimum Gasteiger partial charge on any atom is -0.353 e. The highest BCUT2D eigenvalue weighted by Gasteiger charge is 2.35. The molecular weight excluding hydrogens is 491 g/mol. The van der Waals surface area contributed by atoms with Crippen molar-refractivity contribution in [2.24, 2.45) is 0 Å². The maximum atomic E-state index is 13.0. The molecular formula is C18H15ClF3N5O3S2. The Morgan fingerprint density at radius 2 is 1.75 bits per heavy atom. The van der Waals surface area contributed by atoms with Crippen LogP contribution < -0.4 is 10.5 Å². The summed E-state index contributed by atoms with van der Waals surface area (Å²) in [7, 11) is -3.81. The zero-order valence-electron chi connectivity index (χ0n) is 16.1. The molecule has 0 radical (unpaired) electrons. The zero-order chi connectivity index (χ0) is 23.1. The minimum atomic E-state index is -4.61. The highest BCUT2D eigenvalue weighted by Crippen LogP contribution is 2.34. The summed E-state index contributed by atoms with van der Waals surface area (Å²) < 4.78 is 66.4. The number of piperazine rings is 1. The summed E-state index contributed by atoms with van der Waals surface area (Å²) in [6.45, 7) is 0.376. The Morgan fingerprint density at radius 3 is 2.38 bits per heavy atom. The van der Waals surface area contributed by atoms with E-state index in [1.165, 1.54) is 27.4 Å². The van der Waals surface area contributed by atoms with Crippen LogP contribution in [0.2, 0.25) is 5.02 Å². The summed E-state index contributed by atoms with van der Waals surface area (Å²) in [5.74, 6) is -0.0268. The van der Waals surface area contributed by atoms with Crippen LogP contribution in [-0.4, -0.2) is 54.1 Å². The van der Waals surface area contributed by atoms with Gasteiger partial charge >= 0.3 is 6.18 Å². The fraction of sp³-hybridized carbons (Fsp3) is 0.278. The van der Waals surface area contributed by atoms with Crippen LogP contribution in [0.3, 0.4) is 0 Å². The second-order valence-corrected chi connectivity index (χ2v) is 10.5. The number of aromatic amines is 1. The smallest absolute Gasteiger partial charge is 0.353 e. The van der Waals surface area contributed by atoms with Crippen molar-refractivity contribution in [3.8, 4) is 10.6 Å². The second kappa shape index (κ2) is 8.46. The third-order valence-electron chi connectivity index (χ3n) is 4.76. The third-order valence-corrected chi connectivity index (χ3v) is 8.53. The molecule has 0 atom stereocenters. The molecule has 4 heterocycles. The molecule has 0 saturated carbocycles. The Balaban J connectivity index is 1.50. The molecule has 1 N–H and O–H groups in total. The van der Waals surface area contributed by atoms with E-state index < -0.39 is 21.9 Å². The van der Waals surface area contributed by atoms with Crippen molar-refractivity contribution >= 4 is 38.8 Å². The van der Waals surface area contributed by atoms with E-state index in [9.17, 15) is 26.4 Å². The van der Waals surface area contributed by atoms with Crippen molar-refractivity contribution in [2.45, 2.75) is 10.4 Å². The zero-order valence-corrected chi connectivity index (χ0v) is 18.5. The van der Waals surface area contributed by atoms with Crippen LogP contribution >= 0.6 is 22.9 Å². The summed E-state index contributed by atoms with van der Waals surface area (Å²) in [6, 6.07) is 7.78. The van der Waals surface area contributed by atoms with Gasteiger partial charge in [0, 0.05) is 32.2 Å². The molecule has 14 heteroatoms. The van der Waals surface area contributed by atoms with Crippen LogP contribution in [0.4, 0.5) is 19.0 Å². The number of hydrogen-bond acceptors (Lipinski definition) is 7. The summed E-state index contributed by atoms with van der Waals surface area (Å²) in [5, 5.41) is 6.25. The van der Waals surface area contributed by atoms with E-state index in [2.05, 4.69) is 15.2 Å². The van der Waals surface area contributed by atoms with Crippen molar-refractivity contribution in [3.05, 3.63) is 57.5 Å². The molecule has 3 aromatic rings. The molecule has 0 spiro atoms.